The monoisotopic (exact) mass is 235 g/mol. The molecule has 2 heterocycles. The SMILES string of the molecule is Nc1ncc2ncn(CC=C(CO)CO)c2n1. The fraction of sp³-hybridized carbons (Fsp3) is 0.300. The van der Waals surface area contributed by atoms with Gasteiger partial charge < -0.3 is 20.5 Å². The van der Waals surface area contributed by atoms with E-state index in [1.807, 2.05) is 0 Å². The number of nitrogens with zero attached hydrogens (tertiary/aromatic N) is 4. The third-order valence-corrected chi connectivity index (χ3v) is 2.36. The van der Waals surface area contributed by atoms with Crippen LogP contribution in [0.5, 0.6) is 0 Å². The Bertz CT molecular complexity index is 543. The summed E-state index contributed by atoms with van der Waals surface area (Å²) in [6, 6.07) is 0. The van der Waals surface area contributed by atoms with Crippen molar-refractivity contribution in [3.8, 4) is 0 Å². The first kappa shape index (κ1) is 11.5. The molecule has 0 bridgehead atoms. The Morgan fingerprint density at radius 2 is 2.12 bits per heavy atom. The van der Waals surface area contributed by atoms with Gasteiger partial charge in [0.25, 0.3) is 0 Å². The van der Waals surface area contributed by atoms with Crippen LogP contribution in [0.2, 0.25) is 0 Å². The Labute approximate surface area is 97.3 Å². The van der Waals surface area contributed by atoms with E-state index in [1.54, 1.807) is 23.2 Å². The molecule has 2 aromatic rings. The van der Waals surface area contributed by atoms with Gasteiger partial charge in [0.2, 0.25) is 5.95 Å². The van der Waals surface area contributed by atoms with Crippen LogP contribution in [0.1, 0.15) is 0 Å². The van der Waals surface area contributed by atoms with E-state index in [4.69, 9.17) is 15.9 Å². The molecule has 0 amide bonds. The number of aliphatic hydroxyl groups excluding tert-OH is 2. The van der Waals surface area contributed by atoms with E-state index in [0.29, 0.717) is 23.3 Å². The summed E-state index contributed by atoms with van der Waals surface area (Å²) in [5.41, 5.74) is 7.33. The van der Waals surface area contributed by atoms with E-state index in [-0.39, 0.29) is 19.2 Å². The van der Waals surface area contributed by atoms with Crippen molar-refractivity contribution in [1.82, 2.24) is 19.5 Å². The zero-order valence-electron chi connectivity index (χ0n) is 9.11. The summed E-state index contributed by atoms with van der Waals surface area (Å²) >= 11 is 0. The number of hydrogen-bond donors (Lipinski definition) is 3. The highest BCUT2D eigenvalue weighted by molar-refractivity contribution is 5.70. The highest BCUT2D eigenvalue weighted by Gasteiger charge is 2.04. The van der Waals surface area contributed by atoms with Gasteiger partial charge in [0.15, 0.2) is 5.65 Å². The number of aliphatic hydroxyl groups is 2. The standard InChI is InChI=1S/C10H13N5O2/c11-10-12-3-8-9(14-10)15(6-13-8)2-1-7(4-16)5-17/h1,3,6,16-17H,2,4-5H2,(H2,11,12,14). The molecular weight excluding hydrogens is 222 g/mol. The molecule has 17 heavy (non-hydrogen) atoms. The van der Waals surface area contributed by atoms with Crippen molar-refractivity contribution in [1.29, 1.82) is 0 Å². The number of anilines is 1. The molecule has 0 saturated carbocycles. The molecule has 0 unspecified atom stereocenters. The molecule has 90 valence electrons. The highest BCUT2D eigenvalue weighted by atomic mass is 16.3. The smallest absolute Gasteiger partial charge is 0.222 e. The van der Waals surface area contributed by atoms with Gasteiger partial charge in [-0.25, -0.2) is 9.97 Å². The van der Waals surface area contributed by atoms with Crippen molar-refractivity contribution in [2.75, 3.05) is 18.9 Å². The van der Waals surface area contributed by atoms with Gasteiger partial charge in [-0.1, -0.05) is 6.08 Å². The second-order valence-electron chi connectivity index (χ2n) is 3.51. The molecule has 2 aromatic heterocycles. The summed E-state index contributed by atoms with van der Waals surface area (Å²) in [6.07, 6.45) is 4.89. The van der Waals surface area contributed by atoms with E-state index in [0.717, 1.165) is 0 Å². The van der Waals surface area contributed by atoms with Crippen molar-refractivity contribution in [3.05, 3.63) is 24.2 Å². The van der Waals surface area contributed by atoms with E-state index in [1.165, 1.54) is 0 Å². The van der Waals surface area contributed by atoms with Crippen LogP contribution in [0.25, 0.3) is 11.2 Å². The van der Waals surface area contributed by atoms with Gasteiger partial charge in [-0.3, -0.25) is 0 Å². The van der Waals surface area contributed by atoms with Crippen LogP contribution < -0.4 is 5.73 Å². The van der Waals surface area contributed by atoms with E-state index in [9.17, 15) is 0 Å². The van der Waals surface area contributed by atoms with E-state index >= 15 is 0 Å². The van der Waals surface area contributed by atoms with Crippen molar-refractivity contribution >= 4 is 17.1 Å². The Kier molecular flexibility index (Phi) is 3.31. The number of rotatable bonds is 4. The molecule has 2 rings (SSSR count). The van der Waals surface area contributed by atoms with Crippen LogP contribution in [0.4, 0.5) is 5.95 Å². The molecule has 4 N–H and O–H groups in total. The molecule has 0 fully saturated rings. The Balaban J connectivity index is 2.30. The maximum atomic E-state index is 8.91. The van der Waals surface area contributed by atoms with Crippen molar-refractivity contribution in [2.45, 2.75) is 6.54 Å². The number of hydrogen-bond acceptors (Lipinski definition) is 6. The van der Waals surface area contributed by atoms with Gasteiger partial charge in [0.1, 0.15) is 5.52 Å². The topological polar surface area (TPSA) is 110 Å². The zero-order valence-corrected chi connectivity index (χ0v) is 9.11. The third kappa shape index (κ3) is 2.40. The van der Waals surface area contributed by atoms with E-state index < -0.39 is 0 Å². The molecule has 0 radical (unpaired) electrons. The number of imidazole rings is 1. The molecule has 0 saturated heterocycles. The van der Waals surface area contributed by atoms with Gasteiger partial charge in [0, 0.05) is 6.54 Å². The third-order valence-electron chi connectivity index (χ3n) is 2.36. The number of aromatic nitrogens is 4. The molecule has 7 heteroatoms. The molecule has 0 aromatic carbocycles. The van der Waals surface area contributed by atoms with Gasteiger partial charge >= 0.3 is 0 Å². The summed E-state index contributed by atoms with van der Waals surface area (Å²) in [4.78, 5) is 12.0. The maximum absolute atomic E-state index is 8.91. The lowest BCUT2D eigenvalue weighted by Gasteiger charge is -2.02. The first-order valence-electron chi connectivity index (χ1n) is 5.07. The molecular formula is C10H13N5O2. The second kappa shape index (κ2) is 4.89. The summed E-state index contributed by atoms with van der Waals surface area (Å²) in [5.74, 6) is 0.188. The lowest BCUT2D eigenvalue weighted by molar-refractivity contribution is 0.275. The van der Waals surface area contributed by atoms with E-state index in [2.05, 4.69) is 15.0 Å². The lowest BCUT2D eigenvalue weighted by atomic mass is 10.3. The Morgan fingerprint density at radius 3 is 2.82 bits per heavy atom. The van der Waals surface area contributed by atoms with Crippen LogP contribution in [0.3, 0.4) is 0 Å². The Morgan fingerprint density at radius 1 is 1.35 bits per heavy atom. The minimum Gasteiger partial charge on any atom is -0.392 e. The zero-order chi connectivity index (χ0) is 12.3. The summed E-state index contributed by atoms with van der Waals surface area (Å²) in [7, 11) is 0. The van der Waals surface area contributed by atoms with Crippen LogP contribution in [0, 0.1) is 0 Å². The maximum Gasteiger partial charge on any atom is 0.222 e. The molecule has 7 nitrogen and oxygen atoms in total. The number of allylic oxidation sites excluding steroid dienone is 1. The largest absolute Gasteiger partial charge is 0.392 e. The minimum absolute atomic E-state index is 0.166. The number of nitrogen functional groups attached to an aromatic ring is 1. The van der Waals surface area contributed by atoms with Gasteiger partial charge in [-0.15, -0.1) is 0 Å². The van der Waals surface area contributed by atoms with Crippen LogP contribution in [-0.2, 0) is 6.54 Å². The van der Waals surface area contributed by atoms with Crippen LogP contribution in [0.15, 0.2) is 24.2 Å². The van der Waals surface area contributed by atoms with Gasteiger partial charge in [-0.05, 0) is 5.57 Å². The van der Waals surface area contributed by atoms with Crippen molar-refractivity contribution in [2.24, 2.45) is 0 Å². The fourth-order valence-electron chi connectivity index (χ4n) is 1.41. The predicted molar refractivity (Wildman–Crippen MR) is 62.0 cm³/mol. The molecule has 0 aliphatic rings. The number of nitrogens with two attached hydrogens (primary N) is 1. The molecule has 0 spiro atoms. The second-order valence-corrected chi connectivity index (χ2v) is 3.51. The molecule has 0 atom stereocenters. The van der Waals surface area contributed by atoms with Crippen LogP contribution in [-0.4, -0.2) is 42.9 Å². The fourth-order valence-corrected chi connectivity index (χ4v) is 1.41. The molecule has 0 aliphatic heterocycles. The number of fused-ring (bicyclic) bond motifs is 1. The van der Waals surface area contributed by atoms with Gasteiger partial charge in [-0.2, -0.15) is 4.98 Å². The summed E-state index contributed by atoms with van der Waals surface area (Å²) < 4.78 is 1.76. The average molecular weight is 235 g/mol. The summed E-state index contributed by atoms with van der Waals surface area (Å²) in [5, 5.41) is 17.8. The lowest BCUT2D eigenvalue weighted by Crippen LogP contribution is -2.02. The highest BCUT2D eigenvalue weighted by Crippen LogP contribution is 2.10. The molecule has 0 aliphatic carbocycles. The van der Waals surface area contributed by atoms with Crippen LogP contribution >= 0.6 is 0 Å². The van der Waals surface area contributed by atoms with Gasteiger partial charge in [0.05, 0.1) is 25.7 Å². The first-order valence-corrected chi connectivity index (χ1v) is 5.07. The Hall–Kier alpha value is -1.99. The van der Waals surface area contributed by atoms with Crippen molar-refractivity contribution in [3.63, 3.8) is 0 Å². The predicted octanol–water partition coefficient (Wildman–Crippen LogP) is -0.681. The quantitative estimate of drug-likeness (QED) is 0.605. The van der Waals surface area contributed by atoms with Crippen molar-refractivity contribution < 1.29 is 10.2 Å². The summed E-state index contributed by atoms with van der Waals surface area (Å²) in [6.45, 7) is 0.129. The minimum atomic E-state index is -0.166. The first-order chi connectivity index (χ1) is 8.24. The normalized spacial score (nSPS) is 10.7. The average Bonchev–Trinajstić information content (AvgIpc) is 2.73.